The molecule has 0 bridgehead atoms. The lowest BCUT2D eigenvalue weighted by Crippen LogP contribution is -2.41. The minimum Gasteiger partial charge on any atom is -0.356 e. The number of hydrogen-bond acceptors (Lipinski definition) is 3. The van der Waals surface area contributed by atoms with E-state index in [1.54, 1.807) is 7.05 Å². The van der Waals surface area contributed by atoms with Crippen molar-refractivity contribution in [3.63, 3.8) is 0 Å². The lowest BCUT2D eigenvalue weighted by molar-refractivity contribution is -0.116. The molecule has 0 saturated carbocycles. The van der Waals surface area contributed by atoms with Gasteiger partial charge in [0, 0.05) is 38.2 Å². The SMILES string of the molecule is CN=C(NCCCCSC)NCC1CC(=O)Nc2ccccc21. The van der Waals surface area contributed by atoms with Gasteiger partial charge >= 0.3 is 0 Å². The van der Waals surface area contributed by atoms with Gasteiger partial charge in [-0.15, -0.1) is 0 Å². The molecule has 1 aromatic rings. The number of thioether (sulfide) groups is 1. The van der Waals surface area contributed by atoms with E-state index in [9.17, 15) is 4.79 Å². The lowest BCUT2D eigenvalue weighted by atomic mass is 9.90. The van der Waals surface area contributed by atoms with E-state index in [1.165, 1.54) is 17.7 Å². The van der Waals surface area contributed by atoms with E-state index in [0.29, 0.717) is 13.0 Å². The third-order valence-corrected chi connectivity index (χ3v) is 4.61. The van der Waals surface area contributed by atoms with E-state index in [4.69, 9.17) is 0 Å². The highest BCUT2D eigenvalue weighted by atomic mass is 32.2. The van der Waals surface area contributed by atoms with Gasteiger partial charge in [0.05, 0.1) is 0 Å². The molecule has 0 aliphatic carbocycles. The minimum atomic E-state index is 0.0792. The molecule has 0 radical (unpaired) electrons. The summed E-state index contributed by atoms with van der Waals surface area (Å²) >= 11 is 1.88. The van der Waals surface area contributed by atoms with Gasteiger partial charge in [-0.1, -0.05) is 18.2 Å². The van der Waals surface area contributed by atoms with Crippen molar-refractivity contribution in [3.05, 3.63) is 29.8 Å². The van der Waals surface area contributed by atoms with Gasteiger partial charge < -0.3 is 16.0 Å². The Kier molecular flexibility index (Phi) is 7.26. The maximum atomic E-state index is 11.8. The van der Waals surface area contributed by atoms with Crippen molar-refractivity contribution >= 4 is 29.3 Å². The van der Waals surface area contributed by atoms with Crippen LogP contribution in [0.5, 0.6) is 0 Å². The zero-order chi connectivity index (χ0) is 16.5. The largest absolute Gasteiger partial charge is 0.356 e. The Bertz CT molecular complexity index is 547. The number of rotatable bonds is 7. The molecule has 1 aliphatic heterocycles. The molecule has 0 spiro atoms. The molecule has 1 heterocycles. The van der Waals surface area contributed by atoms with Crippen LogP contribution in [-0.2, 0) is 4.79 Å². The van der Waals surface area contributed by atoms with Crippen molar-refractivity contribution in [2.75, 3.05) is 37.5 Å². The number of nitrogens with zero attached hydrogens (tertiary/aromatic N) is 1. The highest BCUT2D eigenvalue weighted by Crippen LogP contribution is 2.31. The first-order chi connectivity index (χ1) is 11.2. The van der Waals surface area contributed by atoms with Crippen molar-refractivity contribution < 1.29 is 4.79 Å². The van der Waals surface area contributed by atoms with Gasteiger partial charge in [0.15, 0.2) is 5.96 Å². The summed E-state index contributed by atoms with van der Waals surface area (Å²) in [7, 11) is 1.78. The molecule has 6 heteroatoms. The van der Waals surface area contributed by atoms with Crippen LogP contribution in [0.1, 0.15) is 30.7 Å². The fraction of sp³-hybridized carbons (Fsp3) is 0.529. The number of hydrogen-bond donors (Lipinski definition) is 3. The Morgan fingerprint density at radius 3 is 2.96 bits per heavy atom. The maximum absolute atomic E-state index is 11.8. The van der Waals surface area contributed by atoms with Crippen molar-refractivity contribution in [2.45, 2.75) is 25.2 Å². The monoisotopic (exact) mass is 334 g/mol. The van der Waals surface area contributed by atoms with Gasteiger partial charge in [-0.3, -0.25) is 9.79 Å². The van der Waals surface area contributed by atoms with Crippen molar-refractivity contribution in [1.29, 1.82) is 0 Å². The number of para-hydroxylation sites is 1. The Hall–Kier alpha value is -1.69. The van der Waals surface area contributed by atoms with Crippen molar-refractivity contribution in [1.82, 2.24) is 10.6 Å². The third kappa shape index (κ3) is 5.46. The molecule has 1 aromatic carbocycles. The summed E-state index contributed by atoms with van der Waals surface area (Å²) in [6.07, 6.45) is 4.98. The number of carbonyl (C=O) groups excluding carboxylic acids is 1. The maximum Gasteiger partial charge on any atom is 0.225 e. The first-order valence-corrected chi connectivity index (χ1v) is 9.46. The number of guanidine groups is 1. The number of unbranched alkanes of at least 4 members (excludes halogenated alkanes) is 1. The fourth-order valence-electron chi connectivity index (χ4n) is 2.70. The van der Waals surface area contributed by atoms with E-state index in [-0.39, 0.29) is 11.8 Å². The molecular weight excluding hydrogens is 308 g/mol. The summed E-state index contributed by atoms with van der Waals surface area (Å²) in [5.41, 5.74) is 2.12. The molecular formula is C17H26N4OS. The zero-order valence-electron chi connectivity index (χ0n) is 13.9. The van der Waals surface area contributed by atoms with Crippen LogP contribution < -0.4 is 16.0 Å². The van der Waals surface area contributed by atoms with Gasteiger partial charge in [-0.25, -0.2) is 0 Å². The molecule has 5 nitrogen and oxygen atoms in total. The van der Waals surface area contributed by atoms with Crippen LogP contribution in [0.2, 0.25) is 0 Å². The van der Waals surface area contributed by atoms with E-state index >= 15 is 0 Å². The van der Waals surface area contributed by atoms with Gasteiger partial charge in [-0.2, -0.15) is 11.8 Å². The Morgan fingerprint density at radius 2 is 2.17 bits per heavy atom. The number of nitrogens with one attached hydrogen (secondary N) is 3. The summed E-state index contributed by atoms with van der Waals surface area (Å²) in [5, 5.41) is 9.61. The normalized spacial score (nSPS) is 17.4. The van der Waals surface area contributed by atoms with Crippen LogP contribution in [0.3, 0.4) is 0 Å². The topological polar surface area (TPSA) is 65.5 Å². The quantitative estimate of drug-likeness (QED) is 0.407. The van der Waals surface area contributed by atoms with Gasteiger partial charge in [0.1, 0.15) is 0 Å². The molecule has 1 amide bonds. The summed E-state index contributed by atoms with van der Waals surface area (Å²) in [5.74, 6) is 2.25. The van der Waals surface area contributed by atoms with Crippen LogP contribution in [-0.4, -0.2) is 44.0 Å². The number of anilines is 1. The number of aliphatic imine (C=N–C) groups is 1. The Balaban J connectivity index is 1.83. The van der Waals surface area contributed by atoms with Crippen LogP contribution in [0, 0.1) is 0 Å². The molecule has 1 atom stereocenters. The summed E-state index contributed by atoms with van der Waals surface area (Å²) < 4.78 is 0. The van der Waals surface area contributed by atoms with Crippen LogP contribution in [0.4, 0.5) is 5.69 Å². The molecule has 126 valence electrons. The van der Waals surface area contributed by atoms with Gasteiger partial charge in [0.25, 0.3) is 0 Å². The Morgan fingerprint density at radius 1 is 1.35 bits per heavy atom. The van der Waals surface area contributed by atoms with Crippen LogP contribution >= 0.6 is 11.8 Å². The molecule has 2 rings (SSSR count). The van der Waals surface area contributed by atoms with E-state index in [1.807, 2.05) is 30.0 Å². The predicted molar refractivity (Wildman–Crippen MR) is 99.4 cm³/mol. The number of amides is 1. The second-order valence-corrected chi connectivity index (χ2v) is 6.60. The molecule has 1 unspecified atom stereocenters. The minimum absolute atomic E-state index is 0.0792. The molecule has 1 aliphatic rings. The summed E-state index contributed by atoms with van der Waals surface area (Å²) in [6, 6.07) is 8.00. The first kappa shape index (κ1) is 17.7. The molecule has 0 saturated heterocycles. The number of benzene rings is 1. The third-order valence-electron chi connectivity index (χ3n) is 3.91. The number of fused-ring (bicyclic) bond motifs is 1. The van der Waals surface area contributed by atoms with Gasteiger partial charge in [-0.05, 0) is 36.5 Å². The summed E-state index contributed by atoms with van der Waals surface area (Å²) in [4.78, 5) is 16.1. The fourth-order valence-corrected chi connectivity index (χ4v) is 3.20. The second-order valence-electron chi connectivity index (χ2n) is 5.62. The lowest BCUT2D eigenvalue weighted by Gasteiger charge is -2.26. The molecule has 0 aromatic heterocycles. The second kappa shape index (κ2) is 9.45. The number of carbonyl (C=O) groups is 1. The van der Waals surface area contributed by atoms with E-state index in [2.05, 4.69) is 33.3 Å². The molecule has 0 fully saturated rings. The smallest absolute Gasteiger partial charge is 0.225 e. The predicted octanol–water partition coefficient (Wildman–Crippen LogP) is 2.42. The molecule has 23 heavy (non-hydrogen) atoms. The van der Waals surface area contributed by atoms with Gasteiger partial charge in [0.2, 0.25) is 5.91 Å². The zero-order valence-corrected chi connectivity index (χ0v) is 14.7. The van der Waals surface area contributed by atoms with Crippen molar-refractivity contribution in [3.8, 4) is 0 Å². The average Bonchev–Trinajstić information content (AvgIpc) is 2.57. The van der Waals surface area contributed by atoms with Crippen molar-refractivity contribution in [2.24, 2.45) is 4.99 Å². The summed E-state index contributed by atoms with van der Waals surface area (Å²) in [6.45, 7) is 1.62. The van der Waals surface area contributed by atoms with Crippen LogP contribution in [0.15, 0.2) is 29.3 Å². The highest BCUT2D eigenvalue weighted by molar-refractivity contribution is 7.98. The van der Waals surface area contributed by atoms with E-state index < -0.39 is 0 Å². The first-order valence-electron chi connectivity index (χ1n) is 8.07. The Labute approximate surface area is 142 Å². The average molecular weight is 334 g/mol. The highest BCUT2D eigenvalue weighted by Gasteiger charge is 2.24. The van der Waals surface area contributed by atoms with E-state index in [0.717, 1.165) is 24.6 Å². The standard InChI is InChI=1S/C17H26N4OS/c1-18-17(19-9-5-6-10-23-2)20-12-13-11-16(22)21-15-8-4-3-7-14(13)15/h3-4,7-8,13H,5-6,9-12H2,1-2H3,(H,21,22)(H2,18,19,20). The van der Waals surface area contributed by atoms with Crippen LogP contribution in [0.25, 0.3) is 0 Å². The molecule has 3 N–H and O–H groups in total.